The zero-order chi connectivity index (χ0) is 13.7. The van der Waals surface area contributed by atoms with Gasteiger partial charge in [0.1, 0.15) is 6.10 Å². The standard InChI is InChI=1S/C14H26N2O3/c1-11(13(17)16-12-4-2-3-5-12)19-14(10-15)6-8-18-9-7-14/h11-12H,2-10,15H2,1H3,(H,16,17). The third-order valence-corrected chi connectivity index (χ3v) is 4.27. The highest BCUT2D eigenvalue weighted by molar-refractivity contribution is 5.80. The molecule has 3 N–H and O–H groups in total. The largest absolute Gasteiger partial charge is 0.381 e. The van der Waals surface area contributed by atoms with Gasteiger partial charge in [0.25, 0.3) is 0 Å². The van der Waals surface area contributed by atoms with Crippen molar-refractivity contribution in [2.75, 3.05) is 19.8 Å². The minimum Gasteiger partial charge on any atom is -0.381 e. The molecule has 1 unspecified atom stereocenters. The van der Waals surface area contributed by atoms with Gasteiger partial charge >= 0.3 is 0 Å². The summed E-state index contributed by atoms with van der Waals surface area (Å²) >= 11 is 0. The smallest absolute Gasteiger partial charge is 0.249 e. The monoisotopic (exact) mass is 270 g/mol. The molecule has 5 heteroatoms. The number of carbonyl (C=O) groups is 1. The number of nitrogens with two attached hydrogens (primary N) is 1. The fourth-order valence-electron chi connectivity index (χ4n) is 2.93. The topological polar surface area (TPSA) is 73.6 Å². The molecule has 2 rings (SSSR count). The molecule has 0 radical (unpaired) electrons. The van der Waals surface area contributed by atoms with Crippen molar-refractivity contribution in [1.82, 2.24) is 5.32 Å². The molecule has 0 aromatic carbocycles. The van der Waals surface area contributed by atoms with Gasteiger partial charge in [0.15, 0.2) is 0 Å². The van der Waals surface area contributed by atoms with Crippen LogP contribution in [0.25, 0.3) is 0 Å². The van der Waals surface area contributed by atoms with E-state index in [1.807, 2.05) is 6.92 Å². The molecular formula is C14H26N2O3. The van der Waals surface area contributed by atoms with E-state index in [-0.39, 0.29) is 11.5 Å². The zero-order valence-electron chi connectivity index (χ0n) is 11.8. The Kier molecular flexibility index (Phi) is 5.19. The van der Waals surface area contributed by atoms with Crippen molar-refractivity contribution in [1.29, 1.82) is 0 Å². The third-order valence-electron chi connectivity index (χ3n) is 4.27. The molecule has 5 nitrogen and oxygen atoms in total. The van der Waals surface area contributed by atoms with Crippen LogP contribution < -0.4 is 11.1 Å². The second-order valence-corrected chi connectivity index (χ2v) is 5.75. The maximum Gasteiger partial charge on any atom is 0.249 e. The van der Waals surface area contributed by atoms with Gasteiger partial charge < -0.3 is 20.5 Å². The van der Waals surface area contributed by atoms with Gasteiger partial charge in [-0.1, -0.05) is 12.8 Å². The van der Waals surface area contributed by atoms with Gasteiger partial charge in [0.2, 0.25) is 5.91 Å². The molecular weight excluding hydrogens is 244 g/mol. The predicted octanol–water partition coefficient (Wildman–Crippen LogP) is 0.958. The maximum absolute atomic E-state index is 12.1. The van der Waals surface area contributed by atoms with Crippen LogP contribution in [0.15, 0.2) is 0 Å². The lowest BCUT2D eigenvalue weighted by molar-refractivity contribution is -0.158. The molecule has 1 saturated heterocycles. The molecule has 1 atom stereocenters. The molecule has 19 heavy (non-hydrogen) atoms. The first kappa shape index (κ1) is 14.8. The van der Waals surface area contributed by atoms with Gasteiger partial charge in [-0.3, -0.25) is 4.79 Å². The Bertz CT molecular complexity index is 297. The fourth-order valence-corrected chi connectivity index (χ4v) is 2.93. The van der Waals surface area contributed by atoms with E-state index in [1.54, 1.807) is 0 Å². The Labute approximate surface area is 115 Å². The van der Waals surface area contributed by atoms with Crippen molar-refractivity contribution in [2.45, 2.75) is 63.2 Å². The van der Waals surface area contributed by atoms with Gasteiger partial charge in [0.05, 0.1) is 5.60 Å². The minimum absolute atomic E-state index is 0.00813. The van der Waals surface area contributed by atoms with Gasteiger partial charge in [-0.2, -0.15) is 0 Å². The third kappa shape index (κ3) is 3.91. The number of nitrogens with one attached hydrogen (secondary N) is 1. The molecule has 1 amide bonds. The second kappa shape index (κ2) is 6.68. The Morgan fingerprint density at radius 3 is 2.63 bits per heavy atom. The van der Waals surface area contributed by atoms with E-state index in [0.717, 1.165) is 25.7 Å². The van der Waals surface area contributed by atoms with Gasteiger partial charge in [-0.25, -0.2) is 0 Å². The van der Waals surface area contributed by atoms with E-state index in [1.165, 1.54) is 12.8 Å². The number of ether oxygens (including phenoxy) is 2. The summed E-state index contributed by atoms with van der Waals surface area (Å²) in [4.78, 5) is 12.1. The fraction of sp³-hybridized carbons (Fsp3) is 0.929. The summed E-state index contributed by atoms with van der Waals surface area (Å²) in [6.45, 7) is 3.58. The van der Waals surface area contributed by atoms with Crippen molar-refractivity contribution >= 4 is 5.91 Å². The van der Waals surface area contributed by atoms with Crippen LogP contribution in [0.3, 0.4) is 0 Å². The van der Waals surface area contributed by atoms with Crippen LogP contribution in [-0.2, 0) is 14.3 Å². The lowest BCUT2D eigenvalue weighted by atomic mass is 9.94. The van der Waals surface area contributed by atoms with Gasteiger partial charge in [-0.15, -0.1) is 0 Å². The number of carbonyl (C=O) groups excluding carboxylic acids is 1. The van der Waals surface area contributed by atoms with Crippen molar-refractivity contribution in [3.63, 3.8) is 0 Å². The number of rotatable bonds is 5. The summed E-state index contributed by atoms with van der Waals surface area (Å²) in [7, 11) is 0. The van der Waals surface area contributed by atoms with Gasteiger partial charge in [-0.05, 0) is 19.8 Å². The van der Waals surface area contributed by atoms with Crippen molar-refractivity contribution in [3.05, 3.63) is 0 Å². The first-order valence-corrected chi connectivity index (χ1v) is 7.41. The minimum atomic E-state index is -0.442. The van der Waals surface area contributed by atoms with E-state index < -0.39 is 6.10 Å². The molecule has 2 fully saturated rings. The van der Waals surface area contributed by atoms with Crippen LogP contribution in [0, 0.1) is 0 Å². The van der Waals surface area contributed by atoms with E-state index in [9.17, 15) is 4.79 Å². The summed E-state index contributed by atoms with van der Waals surface area (Å²) < 4.78 is 11.3. The summed E-state index contributed by atoms with van der Waals surface area (Å²) in [5, 5.41) is 3.07. The molecule has 0 aromatic rings. The first-order valence-electron chi connectivity index (χ1n) is 7.41. The van der Waals surface area contributed by atoms with Crippen LogP contribution in [-0.4, -0.2) is 43.4 Å². The van der Waals surface area contributed by atoms with E-state index in [0.29, 0.717) is 25.8 Å². The number of amides is 1. The average molecular weight is 270 g/mol. The van der Waals surface area contributed by atoms with Crippen LogP contribution in [0.1, 0.15) is 45.4 Å². The van der Waals surface area contributed by atoms with Crippen LogP contribution in [0.4, 0.5) is 0 Å². The SMILES string of the molecule is CC(OC1(CN)CCOCC1)C(=O)NC1CCCC1. The molecule has 0 bridgehead atoms. The Balaban J connectivity index is 1.83. The van der Waals surface area contributed by atoms with Crippen LogP contribution in [0.5, 0.6) is 0 Å². The molecule has 1 aliphatic carbocycles. The highest BCUT2D eigenvalue weighted by atomic mass is 16.5. The summed E-state index contributed by atoms with van der Waals surface area (Å²) in [5.74, 6) is -0.00813. The molecule has 0 spiro atoms. The summed E-state index contributed by atoms with van der Waals surface area (Å²) in [5.41, 5.74) is 5.45. The van der Waals surface area contributed by atoms with E-state index in [2.05, 4.69) is 5.32 Å². The van der Waals surface area contributed by atoms with Crippen LogP contribution in [0.2, 0.25) is 0 Å². The van der Waals surface area contributed by atoms with E-state index >= 15 is 0 Å². The average Bonchev–Trinajstić information content (AvgIpc) is 2.92. The van der Waals surface area contributed by atoms with Crippen molar-refractivity contribution in [2.24, 2.45) is 5.73 Å². The first-order chi connectivity index (χ1) is 9.15. The molecule has 1 saturated carbocycles. The highest BCUT2D eigenvalue weighted by Gasteiger charge is 2.35. The normalized spacial score (nSPS) is 25.2. The molecule has 110 valence electrons. The van der Waals surface area contributed by atoms with Crippen molar-refractivity contribution < 1.29 is 14.3 Å². The quantitative estimate of drug-likeness (QED) is 0.780. The molecule has 0 aromatic heterocycles. The Morgan fingerprint density at radius 2 is 2.05 bits per heavy atom. The lowest BCUT2D eigenvalue weighted by Crippen LogP contribution is -2.51. The summed E-state index contributed by atoms with van der Waals surface area (Å²) in [6, 6.07) is 0.335. The van der Waals surface area contributed by atoms with E-state index in [4.69, 9.17) is 15.2 Å². The Hall–Kier alpha value is -0.650. The van der Waals surface area contributed by atoms with Gasteiger partial charge in [0, 0.05) is 38.6 Å². The zero-order valence-corrected chi connectivity index (χ0v) is 11.8. The molecule has 2 aliphatic rings. The number of hydrogen-bond donors (Lipinski definition) is 2. The van der Waals surface area contributed by atoms with Crippen LogP contribution >= 0.6 is 0 Å². The lowest BCUT2D eigenvalue weighted by Gasteiger charge is -2.38. The number of hydrogen-bond acceptors (Lipinski definition) is 4. The maximum atomic E-state index is 12.1. The van der Waals surface area contributed by atoms with Crippen molar-refractivity contribution in [3.8, 4) is 0 Å². The Morgan fingerprint density at radius 1 is 1.42 bits per heavy atom. The molecule has 1 aliphatic heterocycles. The second-order valence-electron chi connectivity index (χ2n) is 5.75. The highest BCUT2D eigenvalue weighted by Crippen LogP contribution is 2.26. The summed E-state index contributed by atoms with van der Waals surface area (Å²) in [6.07, 6.45) is 5.70. The molecule has 1 heterocycles. The predicted molar refractivity (Wildman–Crippen MR) is 72.8 cm³/mol.